The van der Waals surface area contributed by atoms with Gasteiger partial charge in [0.2, 0.25) is 11.6 Å². The van der Waals surface area contributed by atoms with Gasteiger partial charge in [0.1, 0.15) is 12.1 Å². The van der Waals surface area contributed by atoms with Crippen LogP contribution in [0.3, 0.4) is 0 Å². The van der Waals surface area contributed by atoms with Crippen LogP contribution in [-0.4, -0.2) is 21.4 Å². The van der Waals surface area contributed by atoms with Crippen LogP contribution in [0, 0.1) is 10.1 Å². The zero-order valence-corrected chi connectivity index (χ0v) is 10.3. The summed E-state index contributed by atoms with van der Waals surface area (Å²) in [4.78, 5) is 19.8. The number of hydrogen-bond acceptors (Lipinski definition) is 7. The molecule has 0 radical (unpaired) electrons. The predicted octanol–water partition coefficient (Wildman–Crippen LogP) is 1.59. The van der Waals surface area contributed by atoms with E-state index in [0.29, 0.717) is 18.8 Å². The van der Waals surface area contributed by atoms with E-state index in [1.165, 1.54) is 6.33 Å². The summed E-state index contributed by atoms with van der Waals surface area (Å²) in [6, 6.07) is 3.55. The molecule has 2 rings (SSSR count). The summed E-state index contributed by atoms with van der Waals surface area (Å²) in [5, 5.41) is 11.1. The molecular formula is C11H13N5O3. The molecular weight excluding hydrogens is 250 g/mol. The quantitative estimate of drug-likeness (QED) is 0.643. The minimum absolute atomic E-state index is 0.145. The molecule has 0 amide bonds. The van der Waals surface area contributed by atoms with Gasteiger partial charge in [-0.2, -0.15) is 0 Å². The number of hydrogen-bond donors (Lipinski definition) is 1. The number of aromatic nitrogens is 2. The van der Waals surface area contributed by atoms with Gasteiger partial charge >= 0.3 is 5.69 Å². The summed E-state index contributed by atoms with van der Waals surface area (Å²) in [5.41, 5.74) is 5.26. The van der Waals surface area contributed by atoms with Crippen molar-refractivity contribution in [1.29, 1.82) is 0 Å². The third-order valence-electron chi connectivity index (χ3n) is 2.62. The van der Waals surface area contributed by atoms with E-state index < -0.39 is 4.92 Å². The van der Waals surface area contributed by atoms with E-state index in [2.05, 4.69) is 9.97 Å². The van der Waals surface area contributed by atoms with Crippen molar-refractivity contribution in [1.82, 2.24) is 9.97 Å². The van der Waals surface area contributed by atoms with Crippen LogP contribution in [0.4, 0.5) is 17.3 Å². The molecule has 0 spiro atoms. The lowest BCUT2D eigenvalue weighted by molar-refractivity contribution is -0.383. The smallest absolute Gasteiger partial charge is 0.353 e. The molecule has 8 heteroatoms. The molecule has 0 aliphatic rings. The normalized spacial score (nSPS) is 10.4. The zero-order valence-electron chi connectivity index (χ0n) is 10.3. The fourth-order valence-electron chi connectivity index (χ4n) is 1.72. The minimum Gasteiger partial charge on any atom is -0.467 e. The van der Waals surface area contributed by atoms with E-state index in [1.807, 2.05) is 6.92 Å². The van der Waals surface area contributed by atoms with Crippen molar-refractivity contribution in [2.45, 2.75) is 13.5 Å². The fourth-order valence-corrected chi connectivity index (χ4v) is 1.72. The van der Waals surface area contributed by atoms with Crippen LogP contribution in [0.1, 0.15) is 12.7 Å². The van der Waals surface area contributed by atoms with Crippen LogP contribution in [0.5, 0.6) is 0 Å². The summed E-state index contributed by atoms with van der Waals surface area (Å²) in [6.07, 6.45) is 2.76. The second-order valence-corrected chi connectivity index (χ2v) is 3.78. The average Bonchev–Trinajstić information content (AvgIpc) is 2.88. The van der Waals surface area contributed by atoms with Gasteiger partial charge in [-0.05, 0) is 19.1 Å². The SMILES string of the molecule is CCN(Cc1ccco1)c1ncnc(N)c1[N+](=O)[O-]. The van der Waals surface area contributed by atoms with Crippen LogP contribution in [0.15, 0.2) is 29.1 Å². The van der Waals surface area contributed by atoms with Gasteiger partial charge in [-0.3, -0.25) is 10.1 Å². The molecule has 0 aromatic carbocycles. The molecule has 0 aliphatic heterocycles. The van der Waals surface area contributed by atoms with Gasteiger partial charge in [0, 0.05) is 6.54 Å². The van der Waals surface area contributed by atoms with E-state index in [0.717, 1.165) is 0 Å². The third kappa shape index (κ3) is 2.62. The Morgan fingerprint density at radius 2 is 2.32 bits per heavy atom. The summed E-state index contributed by atoms with van der Waals surface area (Å²) in [6.45, 7) is 2.77. The minimum atomic E-state index is -0.574. The third-order valence-corrected chi connectivity index (χ3v) is 2.62. The summed E-state index contributed by atoms with van der Waals surface area (Å²) in [5.74, 6) is 0.734. The molecule has 8 nitrogen and oxygen atoms in total. The number of nitro groups is 1. The van der Waals surface area contributed by atoms with Gasteiger partial charge < -0.3 is 15.1 Å². The molecule has 0 bridgehead atoms. The standard InChI is InChI=1S/C11H13N5O3/c1-2-15(6-8-4-3-5-19-8)11-9(16(17)18)10(12)13-7-14-11/h3-5,7H,2,6H2,1H3,(H2,12,13,14). The molecule has 0 unspecified atom stereocenters. The highest BCUT2D eigenvalue weighted by atomic mass is 16.6. The number of nitrogen functional groups attached to an aromatic ring is 1. The van der Waals surface area contributed by atoms with E-state index >= 15 is 0 Å². The Morgan fingerprint density at radius 3 is 2.89 bits per heavy atom. The van der Waals surface area contributed by atoms with Crippen molar-refractivity contribution in [2.75, 3.05) is 17.2 Å². The molecule has 0 saturated carbocycles. The molecule has 2 aromatic heterocycles. The van der Waals surface area contributed by atoms with Gasteiger partial charge in [-0.1, -0.05) is 0 Å². The number of nitrogens with two attached hydrogens (primary N) is 1. The van der Waals surface area contributed by atoms with Gasteiger partial charge in [0.25, 0.3) is 0 Å². The topological polar surface area (TPSA) is 111 Å². The van der Waals surface area contributed by atoms with Crippen LogP contribution in [-0.2, 0) is 6.54 Å². The highest BCUT2D eigenvalue weighted by Crippen LogP contribution is 2.30. The lowest BCUT2D eigenvalue weighted by atomic mass is 10.3. The molecule has 0 atom stereocenters. The second kappa shape index (κ2) is 5.34. The first-order chi connectivity index (χ1) is 9.13. The Balaban J connectivity index is 2.38. The van der Waals surface area contributed by atoms with Crippen molar-refractivity contribution in [2.24, 2.45) is 0 Å². The van der Waals surface area contributed by atoms with Crippen molar-refractivity contribution >= 4 is 17.3 Å². The summed E-state index contributed by atoms with van der Waals surface area (Å²) < 4.78 is 5.23. The Labute approximate surface area is 109 Å². The van der Waals surface area contributed by atoms with E-state index in [-0.39, 0.29) is 17.3 Å². The summed E-state index contributed by atoms with van der Waals surface area (Å²) in [7, 11) is 0. The average molecular weight is 263 g/mol. The number of anilines is 2. The van der Waals surface area contributed by atoms with Crippen LogP contribution in [0.25, 0.3) is 0 Å². The van der Waals surface area contributed by atoms with Gasteiger partial charge in [-0.25, -0.2) is 9.97 Å². The Kier molecular flexibility index (Phi) is 3.60. The maximum absolute atomic E-state index is 11.1. The second-order valence-electron chi connectivity index (χ2n) is 3.78. The van der Waals surface area contributed by atoms with Crippen LogP contribution in [0.2, 0.25) is 0 Å². The van der Waals surface area contributed by atoms with E-state index in [1.54, 1.807) is 23.3 Å². The highest BCUT2D eigenvalue weighted by molar-refractivity contribution is 5.68. The number of furan rings is 1. The van der Waals surface area contributed by atoms with Gasteiger partial charge in [0.05, 0.1) is 17.7 Å². The molecule has 0 saturated heterocycles. The maximum atomic E-state index is 11.1. The first kappa shape index (κ1) is 12.8. The van der Waals surface area contributed by atoms with Crippen molar-refractivity contribution in [3.8, 4) is 0 Å². The number of rotatable bonds is 5. The van der Waals surface area contributed by atoms with Crippen molar-refractivity contribution < 1.29 is 9.34 Å². The summed E-state index contributed by atoms with van der Waals surface area (Å²) >= 11 is 0. The fraction of sp³-hybridized carbons (Fsp3) is 0.273. The molecule has 19 heavy (non-hydrogen) atoms. The zero-order chi connectivity index (χ0) is 13.8. The molecule has 2 N–H and O–H groups in total. The molecule has 2 heterocycles. The van der Waals surface area contributed by atoms with E-state index in [4.69, 9.17) is 10.2 Å². The first-order valence-electron chi connectivity index (χ1n) is 5.65. The van der Waals surface area contributed by atoms with Gasteiger partial charge in [0.15, 0.2) is 0 Å². The van der Waals surface area contributed by atoms with Crippen molar-refractivity contribution in [3.05, 3.63) is 40.6 Å². The van der Waals surface area contributed by atoms with E-state index in [9.17, 15) is 10.1 Å². The molecule has 0 aliphatic carbocycles. The maximum Gasteiger partial charge on any atom is 0.353 e. The van der Waals surface area contributed by atoms with Gasteiger partial charge in [-0.15, -0.1) is 0 Å². The predicted molar refractivity (Wildman–Crippen MR) is 68.5 cm³/mol. The molecule has 0 fully saturated rings. The first-order valence-corrected chi connectivity index (χ1v) is 5.65. The van der Waals surface area contributed by atoms with Crippen LogP contribution < -0.4 is 10.6 Å². The largest absolute Gasteiger partial charge is 0.467 e. The molecule has 100 valence electrons. The highest BCUT2D eigenvalue weighted by Gasteiger charge is 2.25. The van der Waals surface area contributed by atoms with Crippen molar-refractivity contribution in [3.63, 3.8) is 0 Å². The molecule has 2 aromatic rings. The van der Waals surface area contributed by atoms with Crippen LogP contribution >= 0.6 is 0 Å². The lowest BCUT2D eigenvalue weighted by Gasteiger charge is -2.20. The Bertz CT molecular complexity index is 570. The Morgan fingerprint density at radius 1 is 1.53 bits per heavy atom. The number of nitrogens with zero attached hydrogens (tertiary/aromatic N) is 4. The lowest BCUT2D eigenvalue weighted by Crippen LogP contribution is -2.24. The monoisotopic (exact) mass is 263 g/mol. The Hall–Kier alpha value is -2.64.